The number of nitrogens with zero attached hydrogens (tertiary/aromatic N) is 2. The van der Waals surface area contributed by atoms with Crippen molar-refractivity contribution in [3.05, 3.63) is 54.4 Å². The number of ether oxygens (including phenoxy) is 1. The second-order valence-electron chi connectivity index (χ2n) is 6.28. The molecular formula is C19H24N2O4. The van der Waals surface area contributed by atoms with E-state index in [1.807, 2.05) is 60.3 Å². The molecule has 134 valence electrons. The second-order valence-corrected chi connectivity index (χ2v) is 6.28. The Kier molecular flexibility index (Phi) is 5.53. The van der Waals surface area contributed by atoms with E-state index in [0.29, 0.717) is 6.54 Å². The lowest BCUT2D eigenvalue weighted by atomic mass is 10.0. The van der Waals surface area contributed by atoms with Gasteiger partial charge < -0.3 is 24.4 Å². The average molecular weight is 344 g/mol. The Hall–Kier alpha value is -2.15. The summed E-state index contributed by atoms with van der Waals surface area (Å²) in [4.78, 5) is 14.3. The molecule has 25 heavy (non-hydrogen) atoms. The van der Waals surface area contributed by atoms with Gasteiger partial charge in [0.1, 0.15) is 12.2 Å². The predicted octanol–water partition coefficient (Wildman–Crippen LogP) is 0.989. The van der Waals surface area contributed by atoms with Crippen molar-refractivity contribution in [1.82, 2.24) is 9.47 Å². The molecule has 1 amide bonds. The van der Waals surface area contributed by atoms with Gasteiger partial charge in [-0.2, -0.15) is 0 Å². The largest absolute Gasteiger partial charge is 0.388 e. The molecule has 1 aliphatic heterocycles. The number of aliphatic hydroxyl groups excluding tert-OH is 2. The number of likely N-dealkylation sites (N-methyl/N-ethyl adjacent to an activating group) is 1. The van der Waals surface area contributed by atoms with Gasteiger partial charge in [0.2, 0.25) is 5.91 Å². The highest BCUT2D eigenvalue weighted by atomic mass is 16.5. The van der Waals surface area contributed by atoms with Crippen molar-refractivity contribution in [2.75, 3.05) is 19.8 Å². The predicted molar refractivity (Wildman–Crippen MR) is 93.5 cm³/mol. The van der Waals surface area contributed by atoms with Crippen molar-refractivity contribution in [3.8, 4) is 5.69 Å². The molecule has 1 aromatic heterocycles. The van der Waals surface area contributed by atoms with Gasteiger partial charge in [0.05, 0.1) is 25.7 Å². The molecule has 2 heterocycles. The molecule has 1 fully saturated rings. The highest BCUT2D eigenvalue weighted by Gasteiger charge is 2.36. The summed E-state index contributed by atoms with van der Waals surface area (Å²) < 4.78 is 7.30. The molecular weight excluding hydrogens is 320 g/mol. The summed E-state index contributed by atoms with van der Waals surface area (Å²) in [5.74, 6) is -0.0852. The molecule has 0 radical (unpaired) electrons. The molecule has 3 rings (SSSR count). The first kappa shape index (κ1) is 17.7. The standard InChI is InChI=1S/C19H24N2O4/c1-2-21(16-12-25-13-17(22)19(16)24)18(23)11-14-5-7-15(8-6-14)20-9-3-4-10-20/h3-10,16-17,19,22,24H,2,11-13H2,1H3/t16-,17-,19+/m1/s1. The van der Waals surface area contributed by atoms with Crippen LogP contribution in [0.3, 0.4) is 0 Å². The fraction of sp³-hybridized carbons (Fsp3) is 0.421. The first-order valence-corrected chi connectivity index (χ1v) is 8.55. The monoisotopic (exact) mass is 344 g/mol. The normalized spacial score (nSPS) is 23.4. The quantitative estimate of drug-likeness (QED) is 0.848. The maximum Gasteiger partial charge on any atom is 0.227 e. The Balaban J connectivity index is 1.67. The Bertz CT molecular complexity index is 684. The smallest absolute Gasteiger partial charge is 0.227 e. The SMILES string of the molecule is CCN(C(=O)Cc1ccc(-n2cccc2)cc1)[C@@H]1COC[C@@H](O)[C@H]1O. The van der Waals surface area contributed by atoms with E-state index in [1.54, 1.807) is 4.90 Å². The van der Waals surface area contributed by atoms with Crippen LogP contribution >= 0.6 is 0 Å². The lowest BCUT2D eigenvalue weighted by Gasteiger charge is -2.39. The molecule has 0 unspecified atom stereocenters. The molecule has 2 aromatic rings. The van der Waals surface area contributed by atoms with Gasteiger partial charge in [-0.15, -0.1) is 0 Å². The summed E-state index contributed by atoms with van der Waals surface area (Å²) in [5, 5.41) is 19.9. The molecule has 1 aromatic carbocycles. The molecule has 1 aliphatic rings. The molecule has 0 spiro atoms. The van der Waals surface area contributed by atoms with Crippen LogP contribution in [0.1, 0.15) is 12.5 Å². The number of hydrogen-bond donors (Lipinski definition) is 2. The minimum absolute atomic E-state index is 0.0852. The number of rotatable bonds is 5. The van der Waals surface area contributed by atoms with Gasteiger partial charge in [0.15, 0.2) is 0 Å². The lowest BCUT2D eigenvalue weighted by molar-refractivity contribution is -0.155. The van der Waals surface area contributed by atoms with Gasteiger partial charge in [-0.1, -0.05) is 12.1 Å². The van der Waals surface area contributed by atoms with E-state index >= 15 is 0 Å². The number of benzene rings is 1. The highest BCUT2D eigenvalue weighted by molar-refractivity contribution is 5.79. The number of amides is 1. The number of aromatic nitrogens is 1. The summed E-state index contributed by atoms with van der Waals surface area (Å²) in [6.45, 7) is 2.66. The van der Waals surface area contributed by atoms with Crippen LogP contribution in [0.15, 0.2) is 48.8 Å². The highest BCUT2D eigenvalue weighted by Crippen LogP contribution is 2.17. The third-order valence-electron chi connectivity index (χ3n) is 4.62. The first-order valence-electron chi connectivity index (χ1n) is 8.55. The maximum absolute atomic E-state index is 12.7. The first-order chi connectivity index (χ1) is 12.1. The fourth-order valence-electron chi connectivity index (χ4n) is 3.20. The topological polar surface area (TPSA) is 74.9 Å². The van der Waals surface area contributed by atoms with E-state index in [9.17, 15) is 15.0 Å². The molecule has 3 atom stereocenters. The van der Waals surface area contributed by atoms with E-state index in [4.69, 9.17) is 4.74 Å². The maximum atomic E-state index is 12.7. The third-order valence-corrected chi connectivity index (χ3v) is 4.62. The van der Waals surface area contributed by atoms with Crippen LogP contribution in [-0.4, -0.2) is 63.6 Å². The molecule has 0 aliphatic carbocycles. The van der Waals surface area contributed by atoms with Gasteiger partial charge in [0, 0.05) is 24.6 Å². The van der Waals surface area contributed by atoms with Gasteiger partial charge in [-0.25, -0.2) is 0 Å². The summed E-state index contributed by atoms with van der Waals surface area (Å²) in [6.07, 6.45) is 2.25. The Morgan fingerprint density at radius 1 is 1.20 bits per heavy atom. The van der Waals surface area contributed by atoms with Crippen molar-refractivity contribution < 1.29 is 19.7 Å². The minimum atomic E-state index is -0.978. The van der Waals surface area contributed by atoms with Crippen LogP contribution in [0.4, 0.5) is 0 Å². The zero-order valence-electron chi connectivity index (χ0n) is 14.3. The third kappa shape index (κ3) is 3.92. The summed E-state index contributed by atoms with van der Waals surface area (Å²) in [6, 6.07) is 11.2. The van der Waals surface area contributed by atoms with E-state index in [0.717, 1.165) is 11.3 Å². The van der Waals surface area contributed by atoms with Crippen molar-refractivity contribution in [3.63, 3.8) is 0 Å². The zero-order valence-corrected chi connectivity index (χ0v) is 14.3. The lowest BCUT2D eigenvalue weighted by Crippen LogP contribution is -2.57. The number of aliphatic hydroxyl groups is 2. The Morgan fingerprint density at radius 3 is 2.52 bits per heavy atom. The van der Waals surface area contributed by atoms with Crippen LogP contribution in [0, 0.1) is 0 Å². The van der Waals surface area contributed by atoms with E-state index in [1.165, 1.54) is 0 Å². The zero-order chi connectivity index (χ0) is 17.8. The average Bonchev–Trinajstić information content (AvgIpc) is 3.14. The van der Waals surface area contributed by atoms with E-state index in [-0.39, 0.29) is 25.5 Å². The van der Waals surface area contributed by atoms with Crippen LogP contribution in [-0.2, 0) is 16.0 Å². The van der Waals surface area contributed by atoms with Crippen LogP contribution in [0.5, 0.6) is 0 Å². The van der Waals surface area contributed by atoms with Gasteiger partial charge >= 0.3 is 0 Å². The second kappa shape index (κ2) is 7.82. The van der Waals surface area contributed by atoms with Crippen molar-refractivity contribution >= 4 is 5.91 Å². The fourth-order valence-corrected chi connectivity index (χ4v) is 3.20. The van der Waals surface area contributed by atoms with E-state index in [2.05, 4.69) is 0 Å². The van der Waals surface area contributed by atoms with Gasteiger partial charge in [0.25, 0.3) is 0 Å². The molecule has 6 nitrogen and oxygen atoms in total. The van der Waals surface area contributed by atoms with Crippen LogP contribution in [0.2, 0.25) is 0 Å². The summed E-state index contributed by atoms with van der Waals surface area (Å²) in [7, 11) is 0. The van der Waals surface area contributed by atoms with E-state index < -0.39 is 18.2 Å². The van der Waals surface area contributed by atoms with Crippen molar-refractivity contribution in [2.24, 2.45) is 0 Å². The Labute approximate surface area is 147 Å². The molecule has 2 N–H and O–H groups in total. The number of carbonyl (C=O) groups is 1. The number of hydrogen-bond acceptors (Lipinski definition) is 4. The summed E-state index contributed by atoms with van der Waals surface area (Å²) >= 11 is 0. The van der Waals surface area contributed by atoms with Crippen LogP contribution in [0.25, 0.3) is 5.69 Å². The van der Waals surface area contributed by atoms with Crippen molar-refractivity contribution in [2.45, 2.75) is 31.6 Å². The Morgan fingerprint density at radius 2 is 1.88 bits per heavy atom. The molecule has 0 bridgehead atoms. The van der Waals surface area contributed by atoms with Crippen LogP contribution < -0.4 is 0 Å². The molecule has 6 heteroatoms. The summed E-state index contributed by atoms with van der Waals surface area (Å²) in [5.41, 5.74) is 1.94. The van der Waals surface area contributed by atoms with Gasteiger partial charge in [-0.3, -0.25) is 4.79 Å². The van der Waals surface area contributed by atoms with Crippen molar-refractivity contribution in [1.29, 1.82) is 0 Å². The number of carbonyl (C=O) groups excluding carboxylic acids is 1. The van der Waals surface area contributed by atoms with Gasteiger partial charge in [-0.05, 0) is 36.8 Å². The molecule has 0 saturated carbocycles. The minimum Gasteiger partial charge on any atom is -0.388 e. The molecule has 1 saturated heterocycles.